The maximum Gasteiger partial charge on any atom is 0.407 e. The van der Waals surface area contributed by atoms with Gasteiger partial charge in [-0.05, 0) is 40.2 Å². The highest BCUT2D eigenvalue weighted by Crippen LogP contribution is 2.30. The summed E-state index contributed by atoms with van der Waals surface area (Å²) < 4.78 is 16.0. The van der Waals surface area contributed by atoms with Crippen molar-refractivity contribution in [1.29, 1.82) is 0 Å². The number of carbonyl (C=O) groups excluding carboxylic acids is 1. The molecule has 0 aromatic heterocycles. The lowest BCUT2D eigenvalue weighted by molar-refractivity contribution is 0.0527. The number of nitrogens with one attached hydrogen (secondary N) is 3. The minimum atomic E-state index is -0.492. The zero-order valence-corrected chi connectivity index (χ0v) is 20.6. The summed E-state index contributed by atoms with van der Waals surface area (Å²) in [7, 11) is 3.23. The van der Waals surface area contributed by atoms with Gasteiger partial charge >= 0.3 is 6.09 Å². The van der Waals surface area contributed by atoms with Crippen LogP contribution in [0.25, 0.3) is 0 Å². The number of amides is 1. The van der Waals surface area contributed by atoms with Crippen LogP contribution in [0.4, 0.5) is 4.79 Å². The average molecular weight is 522 g/mol. The summed E-state index contributed by atoms with van der Waals surface area (Å²) in [5.41, 5.74) is 0.444. The molecule has 0 bridgehead atoms. The second-order valence-electron chi connectivity index (χ2n) is 7.06. The Labute approximate surface area is 191 Å². The molecule has 1 aromatic rings. The van der Waals surface area contributed by atoms with Crippen LogP contribution >= 0.6 is 24.0 Å². The smallest absolute Gasteiger partial charge is 0.407 e. The fourth-order valence-electron chi connectivity index (χ4n) is 2.38. The van der Waals surface area contributed by atoms with Crippen molar-refractivity contribution in [2.24, 2.45) is 4.99 Å². The Morgan fingerprint density at radius 2 is 1.76 bits per heavy atom. The van der Waals surface area contributed by atoms with E-state index in [0.29, 0.717) is 37.1 Å². The van der Waals surface area contributed by atoms with Crippen LogP contribution in [0.15, 0.2) is 23.2 Å². The molecule has 0 spiro atoms. The van der Waals surface area contributed by atoms with Crippen LogP contribution in [-0.4, -0.2) is 51.5 Å². The molecule has 0 fully saturated rings. The maximum absolute atomic E-state index is 11.6. The molecule has 1 aromatic carbocycles. The standard InChI is InChI=1S/C20H34N4O4.HI/c1-7-21-18(22-12-9-13-23-19(25)28-20(2,3)4)24-14-15-10-8-11-16(26-5)17(15)27-6;/h8,10-11H,7,9,12-14H2,1-6H3,(H,23,25)(H2,21,22,24);1H. The molecule has 0 unspecified atom stereocenters. The molecule has 29 heavy (non-hydrogen) atoms. The van der Waals surface area contributed by atoms with Crippen molar-refractivity contribution in [3.8, 4) is 11.5 Å². The first-order valence-electron chi connectivity index (χ1n) is 9.49. The lowest BCUT2D eigenvalue weighted by atomic mass is 10.2. The number of rotatable bonds is 9. The number of benzene rings is 1. The summed E-state index contributed by atoms with van der Waals surface area (Å²) in [5, 5.41) is 9.20. The molecule has 0 atom stereocenters. The minimum Gasteiger partial charge on any atom is -0.493 e. The van der Waals surface area contributed by atoms with E-state index in [1.165, 1.54) is 0 Å². The lowest BCUT2D eigenvalue weighted by Crippen LogP contribution is -2.39. The number of aliphatic imine (C=N–C) groups is 1. The predicted octanol–water partition coefficient (Wildman–Crippen LogP) is 3.29. The first kappa shape index (κ1) is 27.1. The van der Waals surface area contributed by atoms with E-state index in [-0.39, 0.29) is 24.0 Å². The monoisotopic (exact) mass is 522 g/mol. The van der Waals surface area contributed by atoms with E-state index in [0.717, 1.165) is 18.5 Å². The van der Waals surface area contributed by atoms with E-state index in [1.54, 1.807) is 14.2 Å². The molecular formula is C20H35IN4O4. The van der Waals surface area contributed by atoms with Crippen LogP contribution in [-0.2, 0) is 11.3 Å². The van der Waals surface area contributed by atoms with Crippen LogP contribution in [0, 0.1) is 0 Å². The number of carbonyl (C=O) groups is 1. The number of para-hydroxylation sites is 1. The highest BCUT2D eigenvalue weighted by Gasteiger charge is 2.15. The SMILES string of the molecule is CCNC(=NCc1cccc(OC)c1OC)NCCCNC(=O)OC(C)(C)C.I. The molecule has 166 valence electrons. The van der Waals surface area contributed by atoms with Crippen LogP contribution in [0.2, 0.25) is 0 Å². The molecule has 0 aliphatic carbocycles. The fourth-order valence-corrected chi connectivity index (χ4v) is 2.38. The van der Waals surface area contributed by atoms with Crippen molar-refractivity contribution in [3.63, 3.8) is 0 Å². The number of nitrogens with zero attached hydrogens (tertiary/aromatic N) is 1. The first-order valence-corrected chi connectivity index (χ1v) is 9.49. The van der Waals surface area contributed by atoms with Gasteiger partial charge in [0.1, 0.15) is 5.60 Å². The van der Waals surface area contributed by atoms with E-state index in [2.05, 4.69) is 20.9 Å². The van der Waals surface area contributed by atoms with Gasteiger partial charge in [0, 0.05) is 25.2 Å². The number of ether oxygens (including phenoxy) is 3. The van der Waals surface area contributed by atoms with Gasteiger partial charge in [-0.2, -0.15) is 0 Å². The van der Waals surface area contributed by atoms with E-state index in [9.17, 15) is 4.79 Å². The second kappa shape index (κ2) is 14.1. The molecule has 0 aliphatic rings. The van der Waals surface area contributed by atoms with Crippen molar-refractivity contribution in [2.45, 2.75) is 46.3 Å². The highest BCUT2D eigenvalue weighted by atomic mass is 127. The van der Waals surface area contributed by atoms with Crippen molar-refractivity contribution in [2.75, 3.05) is 33.9 Å². The Morgan fingerprint density at radius 3 is 2.34 bits per heavy atom. The van der Waals surface area contributed by atoms with Crippen LogP contribution in [0.5, 0.6) is 11.5 Å². The van der Waals surface area contributed by atoms with Gasteiger partial charge in [0.15, 0.2) is 17.5 Å². The van der Waals surface area contributed by atoms with Crippen molar-refractivity contribution in [3.05, 3.63) is 23.8 Å². The van der Waals surface area contributed by atoms with Gasteiger partial charge in [0.25, 0.3) is 0 Å². The van der Waals surface area contributed by atoms with Crippen molar-refractivity contribution < 1.29 is 19.0 Å². The Bertz CT molecular complexity index is 648. The summed E-state index contributed by atoms with van der Waals surface area (Å²) in [4.78, 5) is 16.2. The molecule has 8 nitrogen and oxygen atoms in total. The van der Waals surface area contributed by atoms with Gasteiger partial charge in [-0.15, -0.1) is 24.0 Å². The third kappa shape index (κ3) is 11.0. The van der Waals surface area contributed by atoms with E-state index >= 15 is 0 Å². The Balaban J connectivity index is 0.00000784. The highest BCUT2D eigenvalue weighted by molar-refractivity contribution is 14.0. The van der Waals surface area contributed by atoms with Gasteiger partial charge in [-0.25, -0.2) is 9.79 Å². The molecular weight excluding hydrogens is 487 g/mol. The molecule has 1 rings (SSSR count). The quantitative estimate of drug-likeness (QED) is 0.200. The average Bonchev–Trinajstić information content (AvgIpc) is 2.63. The summed E-state index contributed by atoms with van der Waals surface area (Å²) in [6, 6.07) is 5.72. The van der Waals surface area contributed by atoms with Crippen molar-refractivity contribution >= 4 is 36.0 Å². The van der Waals surface area contributed by atoms with E-state index in [4.69, 9.17) is 14.2 Å². The molecule has 0 heterocycles. The Hall–Kier alpha value is -1.91. The third-order valence-electron chi connectivity index (χ3n) is 3.55. The number of hydrogen-bond acceptors (Lipinski definition) is 5. The van der Waals surface area contributed by atoms with Crippen molar-refractivity contribution in [1.82, 2.24) is 16.0 Å². The number of alkyl carbamates (subject to hydrolysis) is 1. The van der Waals surface area contributed by atoms with Gasteiger partial charge in [0.05, 0.1) is 20.8 Å². The second-order valence-corrected chi connectivity index (χ2v) is 7.06. The van der Waals surface area contributed by atoms with Gasteiger partial charge in [-0.1, -0.05) is 12.1 Å². The first-order chi connectivity index (χ1) is 13.3. The zero-order valence-electron chi connectivity index (χ0n) is 18.3. The molecule has 0 saturated carbocycles. The zero-order chi connectivity index (χ0) is 21.0. The number of guanidine groups is 1. The minimum absolute atomic E-state index is 0. The van der Waals surface area contributed by atoms with Crippen LogP contribution in [0.3, 0.4) is 0 Å². The molecule has 1 amide bonds. The summed E-state index contributed by atoms with van der Waals surface area (Å²) in [6.07, 6.45) is 0.338. The molecule has 0 radical (unpaired) electrons. The lowest BCUT2D eigenvalue weighted by Gasteiger charge is -2.19. The van der Waals surface area contributed by atoms with Crippen LogP contribution < -0.4 is 25.4 Å². The topological polar surface area (TPSA) is 93.2 Å². The number of hydrogen-bond donors (Lipinski definition) is 3. The molecule has 0 aliphatic heterocycles. The Morgan fingerprint density at radius 1 is 1.07 bits per heavy atom. The number of methoxy groups -OCH3 is 2. The summed E-state index contributed by atoms with van der Waals surface area (Å²) >= 11 is 0. The third-order valence-corrected chi connectivity index (χ3v) is 3.55. The van der Waals surface area contributed by atoms with Gasteiger partial charge in [-0.3, -0.25) is 0 Å². The van der Waals surface area contributed by atoms with Gasteiger partial charge < -0.3 is 30.2 Å². The van der Waals surface area contributed by atoms with Gasteiger partial charge in [0.2, 0.25) is 0 Å². The van der Waals surface area contributed by atoms with Crippen LogP contribution in [0.1, 0.15) is 39.7 Å². The molecule has 9 heteroatoms. The summed E-state index contributed by atoms with van der Waals surface area (Å²) in [6.45, 7) is 9.90. The number of halogens is 1. The predicted molar refractivity (Wildman–Crippen MR) is 127 cm³/mol. The fraction of sp³-hybridized carbons (Fsp3) is 0.600. The Kier molecular flexibility index (Phi) is 13.2. The van der Waals surface area contributed by atoms with E-state index < -0.39 is 11.7 Å². The largest absolute Gasteiger partial charge is 0.493 e. The normalized spacial score (nSPS) is 11.2. The maximum atomic E-state index is 11.6. The summed E-state index contributed by atoms with van der Waals surface area (Å²) in [5.74, 6) is 2.07. The van der Waals surface area contributed by atoms with E-state index in [1.807, 2.05) is 45.9 Å². The molecule has 3 N–H and O–H groups in total. The molecule has 0 saturated heterocycles.